The van der Waals surface area contributed by atoms with Crippen LogP contribution in [-0.2, 0) is 6.54 Å². The molecule has 0 aliphatic heterocycles. The summed E-state index contributed by atoms with van der Waals surface area (Å²) in [6, 6.07) is 15.0. The molecular formula is C17H17ClN2O2. The number of aliphatic hydroxyl groups excluding tert-OH is 1. The average molecular weight is 317 g/mol. The zero-order valence-electron chi connectivity index (χ0n) is 12.2. The molecule has 1 aromatic heterocycles. The number of nitrogens with zero attached hydrogens (tertiary/aromatic N) is 2. The van der Waals surface area contributed by atoms with Crippen molar-refractivity contribution in [3.63, 3.8) is 0 Å². The summed E-state index contributed by atoms with van der Waals surface area (Å²) in [5.41, 5.74) is 1.95. The maximum Gasteiger partial charge on any atom is 0.120 e. The van der Waals surface area contributed by atoms with E-state index in [-0.39, 0.29) is 6.61 Å². The molecule has 0 aliphatic carbocycles. The number of aromatic nitrogens is 2. The number of benzene rings is 2. The number of halogens is 1. The summed E-state index contributed by atoms with van der Waals surface area (Å²) < 4.78 is 7.58. The Morgan fingerprint density at radius 3 is 2.86 bits per heavy atom. The number of aliphatic hydroxyl groups is 1. The first-order valence-corrected chi connectivity index (χ1v) is 7.49. The zero-order valence-corrected chi connectivity index (χ0v) is 13.0. The SMILES string of the molecule is Cc1nc2ccccc2n1C[C@H](O)COc1cccc(Cl)c1. The molecule has 0 amide bonds. The van der Waals surface area contributed by atoms with Crippen LogP contribution in [-0.4, -0.2) is 27.4 Å². The van der Waals surface area contributed by atoms with E-state index in [0.717, 1.165) is 16.9 Å². The maximum atomic E-state index is 10.2. The first-order valence-electron chi connectivity index (χ1n) is 7.12. The lowest BCUT2D eigenvalue weighted by Crippen LogP contribution is -2.24. The molecule has 2 aromatic carbocycles. The van der Waals surface area contributed by atoms with Crippen molar-refractivity contribution in [3.05, 3.63) is 59.4 Å². The van der Waals surface area contributed by atoms with E-state index in [0.29, 0.717) is 17.3 Å². The van der Waals surface area contributed by atoms with E-state index in [1.165, 1.54) is 0 Å². The van der Waals surface area contributed by atoms with Crippen LogP contribution in [0.1, 0.15) is 5.82 Å². The molecule has 0 saturated carbocycles. The topological polar surface area (TPSA) is 47.3 Å². The third kappa shape index (κ3) is 3.24. The van der Waals surface area contributed by atoms with Crippen LogP contribution in [0.5, 0.6) is 5.75 Å². The normalized spacial score (nSPS) is 12.5. The van der Waals surface area contributed by atoms with Gasteiger partial charge in [0.2, 0.25) is 0 Å². The summed E-state index contributed by atoms with van der Waals surface area (Å²) in [5, 5.41) is 10.8. The predicted molar refractivity (Wildman–Crippen MR) is 87.4 cm³/mol. The van der Waals surface area contributed by atoms with Crippen LogP contribution in [0.15, 0.2) is 48.5 Å². The summed E-state index contributed by atoms with van der Waals surface area (Å²) in [5.74, 6) is 1.53. The van der Waals surface area contributed by atoms with Crippen LogP contribution in [0.3, 0.4) is 0 Å². The molecule has 1 atom stereocenters. The smallest absolute Gasteiger partial charge is 0.120 e. The highest BCUT2D eigenvalue weighted by Gasteiger charge is 2.12. The Balaban J connectivity index is 1.68. The summed E-state index contributed by atoms with van der Waals surface area (Å²) in [4.78, 5) is 4.49. The molecular weight excluding hydrogens is 300 g/mol. The van der Waals surface area contributed by atoms with Gasteiger partial charge >= 0.3 is 0 Å². The van der Waals surface area contributed by atoms with E-state index in [2.05, 4.69) is 4.98 Å². The van der Waals surface area contributed by atoms with E-state index < -0.39 is 6.10 Å². The second-order valence-electron chi connectivity index (χ2n) is 5.18. The fraction of sp³-hybridized carbons (Fsp3) is 0.235. The molecule has 0 radical (unpaired) electrons. The number of rotatable bonds is 5. The Labute approximate surface area is 133 Å². The molecule has 1 N–H and O–H groups in total. The molecule has 114 valence electrons. The molecule has 3 rings (SSSR count). The van der Waals surface area contributed by atoms with Gasteiger partial charge in [-0.25, -0.2) is 4.98 Å². The first kappa shape index (κ1) is 14.9. The third-order valence-corrected chi connectivity index (χ3v) is 3.71. The first-order chi connectivity index (χ1) is 10.6. The lowest BCUT2D eigenvalue weighted by molar-refractivity contribution is 0.0929. The Bertz CT molecular complexity index is 785. The van der Waals surface area contributed by atoms with E-state index in [4.69, 9.17) is 16.3 Å². The number of aryl methyl sites for hydroxylation is 1. The van der Waals surface area contributed by atoms with Gasteiger partial charge in [0.1, 0.15) is 24.3 Å². The van der Waals surface area contributed by atoms with Gasteiger partial charge in [-0.3, -0.25) is 0 Å². The minimum absolute atomic E-state index is 0.201. The molecule has 0 saturated heterocycles. The van der Waals surface area contributed by atoms with Gasteiger partial charge in [-0.2, -0.15) is 0 Å². The van der Waals surface area contributed by atoms with Crippen molar-refractivity contribution in [2.75, 3.05) is 6.61 Å². The summed E-state index contributed by atoms with van der Waals surface area (Å²) >= 11 is 5.91. The molecule has 0 bridgehead atoms. The average Bonchev–Trinajstić information content (AvgIpc) is 2.81. The van der Waals surface area contributed by atoms with Crippen molar-refractivity contribution in [3.8, 4) is 5.75 Å². The molecule has 0 aliphatic rings. The van der Waals surface area contributed by atoms with Gasteiger partial charge in [0.25, 0.3) is 0 Å². The fourth-order valence-electron chi connectivity index (χ4n) is 2.44. The van der Waals surface area contributed by atoms with E-state index in [1.54, 1.807) is 12.1 Å². The maximum absolute atomic E-state index is 10.2. The van der Waals surface area contributed by atoms with Crippen LogP contribution in [0.2, 0.25) is 5.02 Å². The van der Waals surface area contributed by atoms with Gasteiger partial charge in [-0.05, 0) is 37.3 Å². The van der Waals surface area contributed by atoms with Crippen molar-refractivity contribution in [1.82, 2.24) is 9.55 Å². The van der Waals surface area contributed by atoms with Crippen LogP contribution in [0.4, 0.5) is 0 Å². The van der Waals surface area contributed by atoms with E-state index in [9.17, 15) is 5.11 Å². The number of hydrogen-bond acceptors (Lipinski definition) is 3. The third-order valence-electron chi connectivity index (χ3n) is 3.48. The van der Waals surface area contributed by atoms with Gasteiger partial charge in [0.05, 0.1) is 17.6 Å². The summed E-state index contributed by atoms with van der Waals surface area (Å²) in [6.45, 7) is 2.57. The Morgan fingerprint density at radius 1 is 1.23 bits per heavy atom. The fourth-order valence-corrected chi connectivity index (χ4v) is 2.62. The molecule has 0 spiro atoms. The highest BCUT2D eigenvalue weighted by atomic mass is 35.5. The highest BCUT2D eigenvalue weighted by molar-refractivity contribution is 6.30. The van der Waals surface area contributed by atoms with Crippen LogP contribution in [0, 0.1) is 6.92 Å². The lowest BCUT2D eigenvalue weighted by Gasteiger charge is -2.15. The molecule has 3 aromatic rings. The monoisotopic (exact) mass is 316 g/mol. The van der Waals surface area contributed by atoms with Gasteiger partial charge in [0.15, 0.2) is 0 Å². The summed E-state index contributed by atoms with van der Waals surface area (Å²) in [7, 11) is 0. The molecule has 5 heteroatoms. The number of imidazole rings is 1. The molecule has 0 unspecified atom stereocenters. The molecule has 0 fully saturated rings. The minimum atomic E-state index is -0.629. The van der Waals surface area contributed by atoms with E-state index >= 15 is 0 Å². The molecule has 1 heterocycles. The van der Waals surface area contributed by atoms with Crippen LogP contribution < -0.4 is 4.74 Å². The Morgan fingerprint density at radius 2 is 2.05 bits per heavy atom. The second-order valence-corrected chi connectivity index (χ2v) is 5.62. The van der Waals surface area contributed by atoms with Crippen LogP contribution in [0.25, 0.3) is 11.0 Å². The number of hydrogen-bond donors (Lipinski definition) is 1. The quantitative estimate of drug-likeness (QED) is 0.784. The predicted octanol–water partition coefficient (Wildman–Crippen LogP) is 3.44. The summed E-state index contributed by atoms with van der Waals surface area (Å²) in [6.07, 6.45) is -0.629. The second kappa shape index (κ2) is 6.38. The van der Waals surface area contributed by atoms with Crippen molar-refractivity contribution < 1.29 is 9.84 Å². The zero-order chi connectivity index (χ0) is 15.5. The Kier molecular flexibility index (Phi) is 4.32. The minimum Gasteiger partial charge on any atom is -0.491 e. The van der Waals surface area contributed by atoms with Crippen molar-refractivity contribution in [1.29, 1.82) is 0 Å². The van der Waals surface area contributed by atoms with Crippen molar-refractivity contribution >= 4 is 22.6 Å². The number of para-hydroxylation sites is 2. The Hall–Kier alpha value is -2.04. The standard InChI is InChI=1S/C17H17ClN2O2/c1-12-19-16-7-2-3-8-17(16)20(12)10-14(21)11-22-15-6-4-5-13(18)9-15/h2-9,14,21H,10-11H2,1H3/t14-/m0/s1. The largest absolute Gasteiger partial charge is 0.491 e. The lowest BCUT2D eigenvalue weighted by atomic mass is 10.3. The van der Waals surface area contributed by atoms with E-state index in [1.807, 2.05) is 47.9 Å². The van der Waals surface area contributed by atoms with Crippen LogP contribution >= 0.6 is 11.6 Å². The van der Waals surface area contributed by atoms with Gasteiger partial charge in [-0.1, -0.05) is 29.8 Å². The van der Waals surface area contributed by atoms with Crippen molar-refractivity contribution in [2.45, 2.75) is 19.6 Å². The van der Waals surface area contributed by atoms with Crippen molar-refractivity contribution in [2.24, 2.45) is 0 Å². The van der Waals surface area contributed by atoms with Gasteiger partial charge < -0.3 is 14.4 Å². The van der Waals surface area contributed by atoms with Gasteiger partial charge in [-0.15, -0.1) is 0 Å². The molecule has 22 heavy (non-hydrogen) atoms. The highest BCUT2D eigenvalue weighted by Crippen LogP contribution is 2.18. The molecule has 4 nitrogen and oxygen atoms in total. The number of ether oxygens (including phenoxy) is 1. The van der Waals surface area contributed by atoms with Gasteiger partial charge in [0, 0.05) is 5.02 Å². The number of fused-ring (bicyclic) bond motifs is 1.